The lowest BCUT2D eigenvalue weighted by Gasteiger charge is -2.30. The van der Waals surface area contributed by atoms with Crippen LogP contribution in [0, 0.1) is 0 Å². The van der Waals surface area contributed by atoms with Crippen LogP contribution in [0.15, 0.2) is 28.9 Å². The van der Waals surface area contributed by atoms with Crippen LogP contribution in [0.25, 0.3) is 11.5 Å². The van der Waals surface area contributed by atoms with Crippen LogP contribution in [0.5, 0.6) is 0 Å². The van der Waals surface area contributed by atoms with Gasteiger partial charge in [-0.1, -0.05) is 11.2 Å². The molecule has 0 spiro atoms. The molecular weight excluding hydrogens is 310 g/mol. The van der Waals surface area contributed by atoms with E-state index < -0.39 is 0 Å². The van der Waals surface area contributed by atoms with Crippen LogP contribution < -0.4 is 5.32 Å². The summed E-state index contributed by atoms with van der Waals surface area (Å²) in [5, 5.41) is 6.52. The van der Waals surface area contributed by atoms with E-state index in [1.807, 2.05) is 18.2 Å². The summed E-state index contributed by atoms with van der Waals surface area (Å²) >= 11 is 0. The summed E-state index contributed by atoms with van der Waals surface area (Å²) in [7, 11) is 0. The van der Waals surface area contributed by atoms with Crippen LogP contribution in [0.1, 0.15) is 31.6 Å². The zero-order valence-corrected chi connectivity index (χ0v) is 13.4. The van der Waals surface area contributed by atoms with Crippen LogP contribution >= 0.6 is 0 Å². The van der Waals surface area contributed by atoms with E-state index in [1.165, 1.54) is 6.92 Å². The summed E-state index contributed by atoms with van der Waals surface area (Å²) in [6, 6.07) is 5.54. The number of hydrogen-bond acceptors (Lipinski definition) is 6. The van der Waals surface area contributed by atoms with E-state index in [4.69, 9.17) is 4.52 Å². The van der Waals surface area contributed by atoms with Crippen molar-refractivity contribution in [3.63, 3.8) is 0 Å². The Morgan fingerprint density at radius 1 is 1.33 bits per heavy atom. The number of nitrogens with zero attached hydrogens (tertiary/aromatic N) is 4. The second-order valence-electron chi connectivity index (χ2n) is 5.74. The van der Waals surface area contributed by atoms with Crippen molar-refractivity contribution in [2.24, 2.45) is 0 Å². The molecule has 1 aliphatic rings. The summed E-state index contributed by atoms with van der Waals surface area (Å²) in [5.74, 6) is 0.939. The first-order chi connectivity index (χ1) is 11.6. The standard InChI is InChI=1S/C16H19N5O3/c1-11(22)18-10-14(23)21-8-5-12(6-9-21)16-19-15(20-24-16)13-4-2-3-7-17-13/h2-4,7,12H,5-6,8-10H2,1H3,(H,18,22). The molecule has 0 aromatic carbocycles. The van der Waals surface area contributed by atoms with Crippen LogP contribution in [0.4, 0.5) is 0 Å². The lowest BCUT2D eigenvalue weighted by Crippen LogP contribution is -2.43. The predicted octanol–water partition coefficient (Wildman–Crippen LogP) is 0.974. The fourth-order valence-corrected chi connectivity index (χ4v) is 2.69. The molecule has 1 N–H and O–H groups in total. The highest BCUT2D eigenvalue weighted by Gasteiger charge is 2.27. The van der Waals surface area contributed by atoms with E-state index in [1.54, 1.807) is 11.1 Å². The van der Waals surface area contributed by atoms with Crippen molar-refractivity contribution in [2.75, 3.05) is 19.6 Å². The summed E-state index contributed by atoms with van der Waals surface area (Å²) in [6.07, 6.45) is 3.20. The molecule has 2 amide bonds. The Balaban J connectivity index is 1.56. The van der Waals surface area contributed by atoms with Gasteiger partial charge in [0, 0.05) is 32.1 Å². The topological polar surface area (TPSA) is 101 Å². The second kappa shape index (κ2) is 7.20. The molecule has 1 fully saturated rings. The van der Waals surface area contributed by atoms with Crippen LogP contribution in [-0.4, -0.2) is 51.5 Å². The first-order valence-corrected chi connectivity index (χ1v) is 7.90. The maximum Gasteiger partial charge on any atom is 0.241 e. The Morgan fingerprint density at radius 2 is 2.12 bits per heavy atom. The van der Waals surface area contributed by atoms with Gasteiger partial charge in [0.1, 0.15) is 5.69 Å². The molecule has 0 aliphatic carbocycles. The predicted molar refractivity (Wildman–Crippen MR) is 84.8 cm³/mol. The molecule has 0 atom stereocenters. The van der Waals surface area contributed by atoms with Gasteiger partial charge in [-0.3, -0.25) is 14.6 Å². The van der Waals surface area contributed by atoms with Crippen molar-refractivity contribution >= 4 is 11.8 Å². The first kappa shape index (κ1) is 16.1. The molecule has 1 aliphatic heterocycles. The highest BCUT2D eigenvalue weighted by molar-refractivity contribution is 5.83. The van der Waals surface area contributed by atoms with Crippen molar-refractivity contribution in [2.45, 2.75) is 25.7 Å². The Hall–Kier alpha value is -2.77. The van der Waals surface area contributed by atoms with Gasteiger partial charge in [-0.2, -0.15) is 4.98 Å². The molecule has 2 aromatic rings. The van der Waals surface area contributed by atoms with Crippen LogP contribution in [0.3, 0.4) is 0 Å². The molecule has 126 valence electrons. The van der Waals surface area contributed by atoms with Crippen molar-refractivity contribution in [3.8, 4) is 11.5 Å². The SMILES string of the molecule is CC(=O)NCC(=O)N1CCC(c2nc(-c3ccccn3)no2)CC1. The van der Waals surface area contributed by atoms with Gasteiger partial charge in [0.2, 0.25) is 23.5 Å². The minimum absolute atomic E-state index is 0.0460. The zero-order chi connectivity index (χ0) is 16.9. The molecule has 3 heterocycles. The van der Waals surface area contributed by atoms with E-state index in [0.29, 0.717) is 30.5 Å². The number of carbonyl (C=O) groups is 2. The Bertz CT molecular complexity index is 708. The summed E-state index contributed by atoms with van der Waals surface area (Å²) < 4.78 is 5.37. The molecule has 0 bridgehead atoms. The molecule has 8 heteroatoms. The summed E-state index contributed by atoms with van der Waals surface area (Å²) in [5.41, 5.74) is 0.676. The van der Waals surface area contributed by atoms with Gasteiger partial charge in [0.25, 0.3) is 0 Å². The Morgan fingerprint density at radius 3 is 2.79 bits per heavy atom. The van der Waals surface area contributed by atoms with E-state index in [-0.39, 0.29) is 24.3 Å². The van der Waals surface area contributed by atoms with Gasteiger partial charge in [0.15, 0.2) is 0 Å². The van der Waals surface area contributed by atoms with Crippen molar-refractivity contribution in [3.05, 3.63) is 30.3 Å². The number of nitrogens with one attached hydrogen (secondary N) is 1. The molecule has 0 unspecified atom stereocenters. The molecule has 3 rings (SSSR count). The third-order valence-corrected chi connectivity index (χ3v) is 4.02. The van der Waals surface area contributed by atoms with Gasteiger partial charge >= 0.3 is 0 Å². The molecule has 24 heavy (non-hydrogen) atoms. The second-order valence-corrected chi connectivity index (χ2v) is 5.74. The maximum absolute atomic E-state index is 12.0. The maximum atomic E-state index is 12.0. The summed E-state index contributed by atoms with van der Waals surface area (Å²) in [4.78, 5) is 33.2. The van der Waals surface area contributed by atoms with E-state index in [0.717, 1.165) is 12.8 Å². The van der Waals surface area contributed by atoms with E-state index in [2.05, 4.69) is 20.4 Å². The fraction of sp³-hybridized carbons (Fsp3) is 0.438. The normalized spacial score (nSPS) is 15.3. The number of aromatic nitrogens is 3. The number of amides is 2. The minimum Gasteiger partial charge on any atom is -0.347 e. The molecule has 0 saturated carbocycles. The van der Waals surface area contributed by atoms with E-state index >= 15 is 0 Å². The zero-order valence-electron chi connectivity index (χ0n) is 13.4. The van der Waals surface area contributed by atoms with Crippen molar-refractivity contribution in [1.29, 1.82) is 0 Å². The number of pyridine rings is 1. The third-order valence-electron chi connectivity index (χ3n) is 4.02. The quantitative estimate of drug-likeness (QED) is 0.897. The number of carbonyl (C=O) groups excluding carboxylic acids is 2. The molecule has 0 radical (unpaired) electrons. The summed E-state index contributed by atoms with van der Waals surface area (Å²) in [6.45, 7) is 2.67. The van der Waals surface area contributed by atoms with Gasteiger partial charge in [0.05, 0.1) is 6.54 Å². The van der Waals surface area contributed by atoms with Gasteiger partial charge in [-0.15, -0.1) is 0 Å². The third kappa shape index (κ3) is 3.76. The minimum atomic E-state index is -0.203. The molecular formula is C16H19N5O3. The fourth-order valence-electron chi connectivity index (χ4n) is 2.69. The van der Waals surface area contributed by atoms with Crippen LogP contribution in [-0.2, 0) is 9.59 Å². The van der Waals surface area contributed by atoms with Crippen molar-refractivity contribution in [1.82, 2.24) is 25.3 Å². The highest BCUT2D eigenvalue weighted by atomic mass is 16.5. The average Bonchev–Trinajstić information content (AvgIpc) is 3.10. The number of hydrogen-bond donors (Lipinski definition) is 1. The number of rotatable bonds is 4. The molecule has 1 saturated heterocycles. The Kier molecular flexibility index (Phi) is 4.83. The number of piperidine rings is 1. The number of likely N-dealkylation sites (tertiary alicyclic amines) is 1. The largest absolute Gasteiger partial charge is 0.347 e. The first-order valence-electron chi connectivity index (χ1n) is 7.90. The van der Waals surface area contributed by atoms with Gasteiger partial charge in [-0.05, 0) is 25.0 Å². The highest BCUT2D eigenvalue weighted by Crippen LogP contribution is 2.28. The van der Waals surface area contributed by atoms with Crippen molar-refractivity contribution < 1.29 is 14.1 Å². The Labute approximate surface area is 139 Å². The lowest BCUT2D eigenvalue weighted by atomic mass is 9.96. The molecule has 8 nitrogen and oxygen atoms in total. The smallest absolute Gasteiger partial charge is 0.241 e. The molecule has 2 aromatic heterocycles. The van der Waals surface area contributed by atoms with Gasteiger partial charge in [-0.25, -0.2) is 0 Å². The van der Waals surface area contributed by atoms with Gasteiger partial charge < -0.3 is 14.7 Å². The monoisotopic (exact) mass is 329 g/mol. The van der Waals surface area contributed by atoms with Crippen LogP contribution in [0.2, 0.25) is 0 Å². The lowest BCUT2D eigenvalue weighted by molar-refractivity contribution is -0.133. The average molecular weight is 329 g/mol. The van der Waals surface area contributed by atoms with E-state index in [9.17, 15) is 9.59 Å².